The van der Waals surface area contributed by atoms with E-state index in [9.17, 15) is 4.79 Å². The third kappa shape index (κ3) is 9.45. The molecule has 1 aromatic heterocycles. The van der Waals surface area contributed by atoms with E-state index in [0.29, 0.717) is 6.54 Å². The lowest BCUT2D eigenvalue weighted by Gasteiger charge is -2.19. The summed E-state index contributed by atoms with van der Waals surface area (Å²) in [5, 5.41) is 5.26. The van der Waals surface area contributed by atoms with Crippen LogP contribution in [0.15, 0.2) is 11.4 Å². The van der Waals surface area contributed by atoms with Crippen LogP contribution in [0.5, 0.6) is 0 Å². The van der Waals surface area contributed by atoms with Gasteiger partial charge in [0, 0.05) is 11.4 Å². The summed E-state index contributed by atoms with van der Waals surface area (Å²) in [5.41, 5.74) is 0.993. The lowest BCUT2D eigenvalue weighted by atomic mass is 9.94. The zero-order valence-corrected chi connectivity index (χ0v) is 14.9. The van der Waals surface area contributed by atoms with E-state index in [1.807, 2.05) is 20.8 Å². The number of ether oxygens (including phenoxy) is 1. The third-order valence-corrected chi connectivity index (χ3v) is 3.82. The average Bonchev–Trinajstić information content (AvgIpc) is 2.75. The van der Waals surface area contributed by atoms with Gasteiger partial charge < -0.3 is 10.1 Å². The Labute approximate surface area is 136 Å². The molecule has 0 aromatic carbocycles. The van der Waals surface area contributed by atoms with E-state index < -0.39 is 5.60 Å². The number of hydrogen-bond acceptors (Lipinski definition) is 6. The van der Waals surface area contributed by atoms with Crippen molar-refractivity contribution in [1.29, 1.82) is 0 Å². The molecule has 0 radical (unpaired) electrons. The van der Waals surface area contributed by atoms with Gasteiger partial charge in [0.05, 0.1) is 6.54 Å². The first-order valence-electron chi connectivity index (χ1n) is 6.99. The molecule has 1 aromatic rings. The van der Waals surface area contributed by atoms with Crippen molar-refractivity contribution in [2.75, 3.05) is 6.54 Å². The molecular weight excluding hydrogens is 302 g/mol. The largest absolute Gasteiger partial charge is 0.459 e. The first kappa shape index (κ1) is 20.5. The second-order valence-corrected chi connectivity index (χ2v) is 7.75. The van der Waals surface area contributed by atoms with E-state index >= 15 is 0 Å². The highest BCUT2D eigenvalue weighted by Gasteiger charge is 2.17. The maximum atomic E-state index is 11.5. The minimum absolute atomic E-state index is 0.189. The second kappa shape index (κ2) is 8.83. The van der Waals surface area contributed by atoms with Crippen LogP contribution in [-0.4, -0.2) is 24.3 Å². The molecule has 0 atom stereocenters. The fourth-order valence-corrected chi connectivity index (χ4v) is 2.55. The van der Waals surface area contributed by atoms with Gasteiger partial charge >= 0.3 is 12.1 Å². The number of esters is 1. The molecule has 0 aliphatic carbocycles. The Morgan fingerprint density at radius 3 is 2.18 bits per heavy atom. The van der Waals surface area contributed by atoms with Crippen LogP contribution in [0.25, 0.3) is 0 Å². The maximum absolute atomic E-state index is 11.5. The van der Waals surface area contributed by atoms with Crippen molar-refractivity contribution >= 4 is 23.5 Å². The standard InChI is InChI=1S/C15H25NO2S.CO2/c1-14(2,3)12-7-11(10-19-12)8-16-9-13(17)18-15(4,5)6;2-1-3/h7,10,16H,8-9H2,1-6H3;. The van der Waals surface area contributed by atoms with Crippen molar-refractivity contribution < 1.29 is 19.1 Å². The van der Waals surface area contributed by atoms with Crippen LogP contribution in [0.3, 0.4) is 0 Å². The van der Waals surface area contributed by atoms with Crippen LogP contribution in [0.4, 0.5) is 0 Å². The smallest absolute Gasteiger partial charge is 0.373 e. The number of carbonyl (C=O) groups is 1. The van der Waals surface area contributed by atoms with Crippen molar-refractivity contribution in [1.82, 2.24) is 5.32 Å². The van der Waals surface area contributed by atoms with Gasteiger partial charge in [0.1, 0.15) is 5.60 Å². The topological polar surface area (TPSA) is 72.5 Å². The summed E-state index contributed by atoms with van der Waals surface area (Å²) in [6.45, 7) is 13.2. The SMILES string of the molecule is CC(C)(C)OC(=O)CNCc1csc(C(C)(C)C)c1.O=C=O. The highest BCUT2D eigenvalue weighted by molar-refractivity contribution is 7.10. The van der Waals surface area contributed by atoms with Gasteiger partial charge in [0.25, 0.3) is 0 Å². The molecule has 22 heavy (non-hydrogen) atoms. The first-order chi connectivity index (χ1) is 9.99. The van der Waals surface area contributed by atoms with Gasteiger partial charge in [-0.1, -0.05) is 20.8 Å². The van der Waals surface area contributed by atoms with Crippen LogP contribution < -0.4 is 5.32 Å². The van der Waals surface area contributed by atoms with Crippen molar-refractivity contribution in [2.24, 2.45) is 0 Å². The van der Waals surface area contributed by atoms with Crippen LogP contribution in [-0.2, 0) is 31.1 Å². The van der Waals surface area contributed by atoms with Crippen molar-refractivity contribution in [3.05, 3.63) is 21.9 Å². The maximum Gasteiger partial charge on any atom is 0.373 e. The van der Waals surface area contributed by atoms with Gasteiger partial charge in [-0.25, -0.2) is 0 Å². The second-order valence-electron chi connectivity index (χ2n) is 6.84. The molecule has 5 nitrogen and oxygen atoms in total. The number of nitrogens with one attached hydrogen (secondary N) is 1. The zero-order valence-electron chi connectivity index (χ0n) is 14.1. The molecule has 1 rings (SSSR count). The quantitative estimate of drug-likeness (QED) is 0.861. The Morgan fingerprint density at radius 1 is 1.23 bits per heavy atom. The summed E-state index contributed by atoms with van der Waals surface area (Å²) >= 11 is 1.77. The molecule has 0 spiro atoms. The molecule has 1 N–H and O–H groups in total. The molecule has 0 unspecified atom stereocenters. The van der Waals surface area contributed by atoms with E-state index in [0.717, 1.165) is 0 Å². The normalized spacial score (nSPS) is 11.2. The molecule has 1 heterocycles. The predicted octanol–water partition coefficient (Wildman–Crippen LogP) is 2.89. The van der Waals surface area contributed by atoms with Crippen LogP contribution >= 0.6 is 11.3 Å². The fraction of sp³-hybridized carbons (Fsp3) is 0.625. The lowest BCUT2D eigenvalue weighted by molar-refractivity contribution is -0.191. The van der Waals surface area contributed by atoms with E-state index in [4.69, 9.17) is 14.3 Å². The molecule has 6 heteroatoms. The van der Waals surface area contributed by atoms with Crippen molar-refractivity contribution in [3.8, 4) is 0 Å². The van der Waals surface area contributed by atoms with Gasteiger partial charge in [-0.15, -0.1) is 11.3 Å². The van der Waals surface area contributed by atoms with Gasteiger partial charge in [0.2, 0.25) is 0 Å². The Balaban J connectivity index is 0.00000135. The summed E-state index contributed by atoms with van der Waals surface area (Å²) in [6.07, 6.45) is 0.250. The molecule has 0 fully saturated rings. The average molecular weight is 327 g/mol. The van der Waals surface area contributed by atoms with Crippen molar-refractivity contribution in [2.45, 2.75) is 59.1 Å². The highest BCUT2D eigenvalue weighted by atomic mass is 32.1. The summed E-state index contributed by atoms with van der Waals surface area (Å²) in [7, 11) is 0. The number of rotatable bonds is 4. The minimum Gasteiger partial charge on any atom is -0.459 e. The summed E-state index contributed by atoms with van der Waals surface area (Å²) in [6, 6.07) is 2.20. The van der Waals surface area contributed by atoms with E-state index in [-0.39, 0.29) is 24.1 Å². The number of thiophene rings is 1. The van der Waals surface area contributed by atoms with Gasteiger partial charge in [-0.05, 0) is 43.2 Å². The van der Waals surface area contributed by atoms with Crippen LogP contribution in [0, 0.1) is 0 Å². The minimum atomic E-state index is -0.416. The van der Waals surface area contributed by atoms with E-state index in [1.54, 1.807) is 11.3 Å². The molecule has 0 bridgehead atoms. The number of carbonyl (C=O) groups excluding carboxylic acids is 3. The molecule has 124 valence electrons. The Kier molecular flexibility index (Phi) is 8.23. The third-order valence-electron chi connectivity index (χ3n) is 2.41. The number of hydrogen-bond donors (Lipinski definition) is 1. The fourth-order valence-electron chi connectivity index (χ4n) is 1.55. The monoisotopic (exact) mass is 327 g/mol. The Hall–Kier alpha value is -1.49. The van der Waals surface area contributed by atoms with Gasteiger partial charge in [0.15, 0.2) is 0 Å². The van der Waals surface area contributed by atoms with Crippen LogP contribution in [0.2, 0.25) is 0 Å². The predicted molar refractivity (Wildman–Crippen MR) is 85.6 cm³/mol. The Morgan fingerprint density at radius 2 is 1.77 bits per heavy atom. The molecule has 0 aliphatic heterocycles. The van der Waals surface area contributed by atoms with Crippen molar-refractivity contribution in [3.63, 3.8) is 0 Å². The highest BCUT2D eigenvalue weighted by Crippen LogP contribution is 2.28. The van der Waals surface area contributed by atoms with Gasteiger partial charge in [-0.3, -0.25) is 4.79 Å². The molecule has 0 amide bonds. The molecule has 0 saturated carbocycles. The molecule has 0 aliphatic rings. The van der Waals surface area contributed by atoms with E-state index in [1.165, 1.54) is 10.4 Å². The van der Waals surface area contributed by atoms with Gasteiger partial charge in [-0.2, -0.15) is 9.59 Å². The summed E-state index contributed by atoms with van der Waals surface area (Å²) in [5.74, 6) is -0.209. The Bertz CT molecular complexity index is 503. The molecular formula is C16H25NO4S. The summed E-state index contributed by atoms with van der Waals surface area (Å²) < 4.78 is 5.24. The zero-order chi connectivity index (χ0) is 17.4. The first-order valence-corrected chi connectivity index (χ1v) is 7.87. The van der Waals surface area contributed by atoms with E-state index in [2.05, 4.69) is 37.5 Å². The van der Waals surface area contributed by atoms with Crippen LogP contribution in [0.1, 0.15) is 52.0 Å². The lowest BCUT2D eigenvalue weighted by Crippen LogP contribution is -2.31. The summed E-state index contributed by atoms with van der Waals surface area (Å²) in [4.78, 5) is 29.1. The molecule has 0 saturated heterocycles.